The second-order valence-electron chi connectivity index (χ2n) is 4.64. The highest BCUT2D eigenvalue weighted by Gasteiger charge is 2.09. The topological polar surface area (TPSA) is 22.0 Å². The predicted molar refractivity (Wildman–Crippen MR) is 84.0 cm³/mol. The molecule has 0 spiro atoms. The third kappa shape index (κ3) is 2.23. The van der Waals surface area contributed by atoms with E-state index in [0.717, 1.165) is 22.2 Å². The first-order chi connectivity index (χ1) is 9.81. The van der Waals surface area contributed by atoms with Gasteiger partial charge in [-0.3, -0.25) is 9.36 Å². The Morgan fingerprint density at radius 2 is 1.65 bits per heavy atom. The Bertz CT molecular complexity index is 793. The van der Waals surface area contributed by atoms with Gasteiger partial charge in [0.05, 0.1) is 5.52 Å². The minimum absolute atomic E-state index is 0.00977. The molecule has 0 saturated carbocycles. The summed E-state index contributed by atoms with van der Waals surface area (Å²) in [6.45, 7) is 0. The quantitative estimate of drug-likeness (QED) is 0.671. The Labute approximate surface area is 122 Å². The summed E-state index contributed by atoms with van der Waals surface area (Å²) < 4.78 is 1.76. The summed E-state index contributed by atoms with van der Waals surface area (Å²) in [7, 11) is 0. The first-order valence-electron chi connectivity index (χ1n) is 6.56. The molecule has 0 aliphatic heterocycles. The molecule has 0 saturated heterocycles. The van der Waals surface area contributed by atoms with Crippen LogP contribution in [0.25, 0.3) is 16.6 Å². The van der Waals surface area contributed by atoms with E-state index in [1.165, 1.54) is 0 Å². The fraction of sp³-hybridized carbons (Fsp3) is 0.118. The van der Waals surface area contributed by atoms with Crippen LogP contribution in [0.2, 0.25) is 0 Å². The molecule has 2 nitrogen and oxygen atoms in total. The molecule has 20 heavy (non-hydrogen) atoms. The van der Waals surface area contributed by atoms with E-state index >= 15 is 0 Å². The smallest absolute Gasteiger partial charge is 0.258 e. The van der Waals surface area contributed by atoms with Gasteiger partial charge in [0.25, 0.3) is 5.56 Å². The van der Waals surface area contributed by atoms with Crippen molar-refractivity contribution in [3.63, 3.8) is 0 Å². The molecule has 0 radical (unpaired) electrons. The summed E-state index contributed by atoms with van der Waals surface area (Å²) in [6, 6.07) is 19.6. The molecule has 0 fully saturated rings. The van der Waals surface area contributed by atoms with Crippen LogP contribution in [0.5, 0.6) is 0 Å². The number of pyridine rings is 1. The first-order valence-corrected chi connectivity index (χ1v) is 7.10. The van der Waals surface area contributed by atoms with Crippen LogP contribution >= 0.6 is 11.6 Å². The van der Waals surface area contributed by atoms with E-state index in [9.17, 15) is 4.79 Å². The Balaban J connectivity index is 2.38. The Kier molecular flexibility index (Phi) is 3.57. The maximum atomic E-state index is 12.7. The zero-order valence-electron chi connectivity index (χ0n) is 10.9. The lowest BCUT2D eigenvalue weighted by Crippen LogP contribution is -2.23. The molecule has 1 aromatic heterocycles. The van der Waals surface area contributed by atoms with Crippen LogP contribution in [0.15, 0.2) is 65.5 Å². The van der Waals surface area contributed by atoms with Crippen molar-refractivity contribution in [1.82, 2.24) is 4.57 Å². The van der Waals surface area contributed by atoms with Gasteiger partial charge in [-0.2, -0.15) is 0 Å². The van der Waals surface area contributed by atoms with Crippen LogP contribution in [0, 0.1) is 0 Å². The van der Waals surface area contributed by atoms with Gasteiger partial charge in [0.2, 0.25) is 0 Å². The first kappa shape index (κ1) is 12.9. The molecule has 0 amide bonds. The lowest BCUT2D eigenvalue weighted by Gasteiger charge is -2.12. The highest BCUT2D eigenvalue weighted by atomic mass is 35.5. The van der Waals surface area contributed by atoms with Gasteiger partial charge in [0.1, 0.15) is 0 Å². The molecule has 2 aromatic carbocycles. The number of fused-ring (bicyclic) bond motifs is 1. The maximum Gasteiger partial charge on any atom is 0.258 e. The van der Waals surface area contributed by atoms with Crippen molar-refractivity contribution in [2.24, 2.45) is 0 Å². The third-order valence-corrected chi connectivity index (χ3v) is 3.55. The van der Waals surface area contributed by atoms with Gasteiger partial charge < -0.3 is 0 Å². The van der Waals surface area contributed by atoms with E-state index in [1.807, 2.05) is 60.7 Å². The standard InChI is InChI=1S/C17H14ClNO/c18-11-10-14-12-13-6-4-5-9-16(13)19(17(14)20)15-7-2-1-3-8-15/h1-9,12H,10-11H2. The zero-order chi connectivity index (χ0) is 13.9. The number of nitrogens with zero attached hydrogens (tertiary/aromatic N) is 1. The molecule has 0 unspecified atom stereocenters. The van der Waals surface area contributed by atoms with Crippen LogP contribution in [0.1, 0.15) is 5.56 Å². The van der Waals surface area contributed by atoms with Crippen LogP contribution in [0.3, 0.4) is 0 Å². The molecule has 0 atom stereocenters. The fourth-order valence-corrected chi connectivity index (χ4v) is 2.63. The lowest BCUT2D eigenvalue weighted by atomic mass is 10.1. The van der Waals surface area contributed by atoms with Crippen LogP contribution in [-0.2, 0) is 6.42 Å². The summed E-state index contributed by atoms with van der Waals surface area (Å²) in [5.41, 5.74) is 2.56. The van der Waals surface area contributed by atoms with Crippen LogP contribution < -0.4 is 5.56 Å². The summed E-state index contributed by atoms with van der Waals surface area (Å²) in [4.78, 5) is 12.7. The van der Waals surface area contributed by atoms with Crippen molar-refractivity contribution in [1.29, 1.82) is 0 Å². The molecule has 3 rings (SSSR count). The lowest BCUT2D eigenvalue weighted by molar-refractivity contribution is 0.982. The fourth-order valence-electron chi connectivity index (χ4n) is 2.43. The van der Waals surface area contributed by atoms with E-state index in [1.54, 1.807) is 4.57 Å². The maximum absolute atomic E-state index is 12.7. The summed E-state index contributed by atoms with van der Waals surface area (Å²) in [5, 5.41) is 1.05. The van der Waals surface area contributed by atoms with E-state index in [-0.39, 0.29) is 5.56 Å². The SMILES string of the molecule is O=c1c(CCCl)cc2ccccc2n1-c1ccccc1. The molecule has 0 N–H and O–H groups in total. The van der Waals surface area contributed by atoms with Gasteiger partial charge in [-0.25, -0.2) is 0 Å². The highest BCUT2D eigenvalue weighted by molar-refractivity contribution is 6.18. The van der Waals surface area contributed by atoms with Crippen LogP contribution in [0.4, 0.5) is 0 Å². The van der Waals surface area contributed by atoms with Crippen molar-refractivity contribution >= 4 is 22.5 Å². The number of benzene rings is 2. The molecule has 3 heteroatoms. The molecular weight excluding hydrogens is 270 g/mol. The third-order valence-electron chi connectivity index (χ3n) is 3.36. The molecule has 100 valence electrons. The van der Waals surface area contributed by atoms with Gasteiger partial charge in [-0.05, 0) is 36.1 Å². The van der Waals surface area contributed by atoms with E-state index in [4.69, 9.17) is 11.6 Å². The summed E-state index contributed by atoms with van der Waals surface area (Å²) >= 11 is 5.81. The second-order valence-corrected chi connectivity index (χ2v) is 5.02. The van der Waals surface area contributed by atoms with Crippen molar-refractivity contribution in [2.75, 3.05) is 5.88 Å². The summed E-state index contributed by atoms with van der Waals surface area (Å²) in [6.07, 6.45) is 0.581. The minimum Gasteiger partial charge on any atom is -0.277 e. The monoisotopic (exact) mass is 283 g/mol. The zero-order valence-corrected chi connectivity index (χ0v) is 11.7. The van der Waals surface area contributed by atoms with E-state index < -0.39 is 0 Å². The average molecular weight is 284 g/mol. The number of aromatic nitrogens is 1. The van der Waals surface area contributed by atoms with Crippen molar-refractivity contribution in [2.45, 2.75) is 6.42 Å². The van der Waals surface area contributed by atoms with Gasteiger partial charge in [-0.15, -0.1) is 11.6 Å². The second kappa shape index (κ2) is 5.51. The van der Waals surface area contributed by atoms with Gasteiger partial charge >= 0.3 is 0 Å². The molecule has 0 aliphatic rings. The van der Waals surface area contributed by atoms with Crippen LogP contribution in [-0.4, -0.2) is 10.4 Å². The van der Waals surface area contributed by atoms with E-state index in [2.05, 4.69) is 0 Å². The Morgan fingerprint density at radius 1 is 0.950 bits per heavy atom. The predicted octanol–water partition coefficient (Wildman–Crippen LogP) is 3.77. The largest absolute Gasteiger partial charge is 0.277 e. The highest BCUT2D eigenvalue weighted by Crippen LogP contribution is 2.18. The molecule has 0 bridgehead atoms. The number of hydrogen-bond acceptors (Lipinski definition) is 1. The normalized spacial score (nSPS) is 10.8. The van der Waals surface area contributed by atoms with Gasteiger partial charge in [0.15, 0.2) is 0 Å². The molecule has 0 aliphatic carbocycles. The molecular formula is C17H14ClNO. The number of halogens is 1. The minimum atomic E-state index is 0.00977. The van der Waals surface area contributed by atoms with Crippen molar-refractivity contribution < 1.29 is 0 Å². The van der Waals surface area contributed by atoms with Crippen molar-refractivity contribution in [3.05, 3.63) is 76.6 Å². The summed E-state index contributed by atoms with van der Waals surface area (Å²) in [5.74, 6) is 0.447. The van der Waals surface area contributed by atoms with Gasteiger partial charge in [-0.1, -0.05) is 36.4 Å². The van der Waals surface area contributed by atoms with Crippen molar-refractivity contribution in [3.8, 4) is 5.69 Å². The number of alkyl halides is 1. The van der Waals surface area contributed by atoms with E-state index in [0.29, 0.717) is 12.3 Å². The Morgan fingerprint density at radius 3 is 2.40 bits per heavy atom. The number of rotatable bonds is 3. The van der Waals surface area contributed by atoms with Gasteiger partial charge in [0, 0.05) is 17.1 Å². The number of hydrogen-bond donors (Lipinski definition) is 0. The average Bonchev–Trinajstić information content (AvgIpc) is 2.49. The molecule has 1 heterocycles. The molecule has 3 aromatic rings. The Hall–Kier alpha value is -2.06. The number of para-hydroxylation sites is 2. The number of aryl methyl sites for hydroxylation is 1.